The summed E-state index contributed by atoms with van der Waals surface area (Å²) >= 11 is 1.30. The van der Waals surface area contributed by atoms with Crippen LogP contribution in [0.1, 0.15) is 12.8 Å². The topological polar surface area (TPSA) is 99.9 Å². The van der Waals surface area contributed by atoms with Crippen LogP contribution in [0.15, 0.2) is 35.5 Å². The first-order valence-corrected chi connectivity index (χ1v) is 10.4. The molecule has 150 valence electrons. The molecule has 2 aliphatic heterocycles. The van der Waals surface area contributed by atoms with Crippen molar-refractivity contribution in [3.63, 3.8) is 0 Å². The van der Waals surface area contributed by atoms with Gasteiger partial charge in [-0.2, -0.15) is 9.61 Å². The Morgan fingerprint density at radius 2 is 2.14 bits per heavy atom. The van der Waals surface area contributed by atoms with E-state index in [4.69, 9.17) is 14.2 Å². The van der Waals surface area contributed by atoms with Crippen LogP contribution in [0.4, 0.5) is 0 Å². The average molecular weight is 413 g/mol. The van der Waals surface area contributed by atoms with E-state index in [2.05, 4.69) is 20.6 Å². The average Bonchev–Trinajstić information content (AvgIpc) is 3.50. The molecule has 3 aromatic rings. The minimum atomic E-state index is -0.0609. The Balaban J connectivity index is 1.28. The lowest BCUT2D eigenvalue weighted by Gasteiger charge is -2.10. The Hall–Kier alpha value is -2.85. The van der Waals surface area contributed by atoms with Gasteiger partial charge in [0.15, 0.2) is 17.1 Å². The fourth-order valence-corrected chi connectivity index (χ4v) is 4.00. The molecule has 5 rings (SSSR count). The number of benzene rings is 1. The maximum atomic E-state index is 12.1. The van der Waals surface area contributed by atoms with Gasteiger partial charge in [-0.15, -0.1) is 10.2 Å². The lowest BCUT2D eigenvalue weighted by atomic mass is 10.1. The number of hydrogen-bond donors (Lipinski definition) is 1. The molecule has 0 bridgehead atoms. The van der Waals surface area contributed by atoms with Gasteiger partial charge in [-0.3, -0.25) is 4.79 Å². The minimum absolute atomic E-state index is 0.0609. The summed E-state index contributed by atoms with van der Waals surface area (Å²) in [5.74, 6) is 1.60. The Kier molecular flexibility index (Phi) is 4.94. The summed E-state index contributed by atoms with van der Waals surface area (Å²) in [5.41, 5.74) is 2.27. The maximum absolute atomic E-state index is 12.1. The number of nitrogens with zero attached hydrogens (tertiary/aromatic N) is 4. The van der Waals surface area contributed by atoms with Gasteiger partial charge < -0.3 is 19.5 Å². The number of amides is 1. The van der Waals surface area contributed by atoms with E-state index < -0.39 is 0 Å². The maximum Gasteiger partial charge on any atom is 0.231 e. The first kappa shape index (κ1) is 18.2. The smallest absolute Gasteiger partial charge is 0.231 e. The second kappa shape index (κ2) is 7.88. The highest BCUT2D eigenvalue weighted by molar-refractivity contribution is 7.99. The lowest BCUT2D eigenvalue weighted by Crippen LogP contribution is -2.32. The van der Waals surface area contributed by atoms with Crippen molar-refractivity contribution in [3.8, 4) is 22.8 Å². The summed E-state index contributed by atoms with van der Waals surface area (Å²) in [6.45, 7) is 1.55. The van der Waals surface area contributed by atoms with Crippen molar-refractivity contribution in [2.75, 3.05) is 25.7 Å². The second-order valence-electron chi connectivity index (χ2n) is 6.77. The molecule has 10 heteroatoms. The molecule has 1 aromatic carbocycles. The van der Waals surface area contributed by atoms with Gasteiger partial charge in [-0.1, -0.05) is 11.8 Å². The first-order valence-electron chi connectivity index (χ1n) is 9.40. The zero-order valence-corrected chi connectivity index (χ0v) is 16.4. The fraction of sp³-hybridized carbons (Fsp3) is 0.368. The van der Waals surface area contributed by atoms with E-state index in [1.54, 1.807) is 4.52 Å². The number of thioether (sulfide) groups is 1. The van der Waals surface area contributed by atoms with E-state index in [9.17, 15) is 4.79 Å². The highest BCUT2D eigenvalue weighted by Gasteiger charge is 2.18. The zero-order chi connectivity index (χ0) is 19.6. The summed E-state index contributed by atoms with van der Waals surface area (Å²) in [7, 11) is 0. The molecule has 1 amide bonds. The molecule has 29 heavy (non-hydrogen) atoms. The van der Waals surface area contributed by atoms with Crippen LogP contribution in [0.3, 0.4) is 0 Å². The molecule has 9 nitrogen and oxygen atoms in total. The van der Waals surface area contributed by atoms with Crippen LogP contribution in [-0.2, 0) is 9.53 Å². The van der Waals surface area contributed by atoms with Crippen molar-refractivity contribution in [2.45, 2.75) is 24.1 Å². The van der Waals surface area contributed by atoms with Gasteiger partial charge in [-0.25, -0.2) is 0 Å². The van der Waals surface area contributed by atoms with E-state index in [1.165, 1.54) is 11.8 Å². The molecule has 0 spiro atoms. The molecule has 1 fully saturated rings. The number of rotatable bonds is 6. The number of aromatic nitrogens is 4. The second-order valence-corrected chi connectivity index (χ2v) is 7.71. The summed E-state index contributed by atoms with van der Waals surface area (Å²) in [5, 5.41) is 16.4. The third-order valence-electron chi connectivity index (χ3n) is 4.79. The molecule has 0 saturated carbocycles. The third-order valence-corrected chi connectivity index (χ3v) is 5.71. The molecule has 2 aromatic heterocycles. The summed E-state index contributed by atoms with van der Waals surface area (Å²) < 4.78 is 18.0. The Morgan fingerprint density at radius 3 is 3.03 bits per heavy atom. The van der Waals surface area contributed by atoms with E-state index in [0.29, 0.717) is 23.1 Å². The Bertz CT molecular complexity index is 1050. The highest BCUT2D eigenvalue weighted by Crippen LogP contribution is 2.35. The number of ether oxygens (including phenoxy) is 3. The van der Waals surface area contributed by atoms with Gasteiger partial charge in [0.05, 0.1) is 17.6 Å². The van der Waals surface area contributed by atoms with Crippen molar-refractivity contribution in [2.24, 2.45) is 0 Å². The number of carbonyl (C=O) groups excluding carboxylic acids is 1. The van der Waals surface area contributed by atoms with E-state index >= 15 is 0 Å². The van der Waals surface area contributed by atoms with Crippen molar-refractivity contribution in [1.82, 2.24) is 25.1 Å². The molecule has 0 aliphatic carbocycles. The van der Waals surface area contributed by atoms with Crippen molar-refractivity contribution in [3.05, 3.63) is 30.3 Å². The lowest BCUT2D eigenvalue weighted by molar-refractivity contribution is -0.119. The standard InChI is InChI=1S/C19H19N5O4S/c25-18(20-9-13-2-1-7-26-13)10-29-19-22-21-17-6-4-14(23-24(17)19)12-3-5-15-16(8-12)28-11-27-15/h3-6,8,13H,1-2,7,9-11H2,(H,20,25)/t13-/m0/s1. The highest BCUT2D eigenvalue weighted by atomic mass is 32.2. The van der Waals surface area contributed by atoms with Gasteiger partial charge in [0.25, 0.3) is 0 Å². The van der Waals surface area contributed by atoms with Crippen LogP contribution in [0, 0.1) is 0 Å². The monoisotopic (exact) mass is 413 g/mol. The molecular weight excluding hydrogens is 394 g/mol. The molecule has 0 unspecified atom stereocenters. The summed E-state index contributed by atoms with van der Waals surface area (Å²) in [4.78, 5) is 12.1. The molecule has 1 N–H and O–H groups in total. The van der Waals surface area contributed by atoms with Gasteiger partial charge in [-0.05, 0) is 43.2 Å². The summed E-state index contributed by atoms with van der Waals surface area (Å²) in [6.07, 6.45) is 2.18. The van der Waals surface area contributed by atoms with Gasteiger partial charge in [0.2, 0.25) is 17.9 Å². The van der Waals surface area contributed by atoms with Crippen molar-refractivity contribution >= 4 is 23.3 Å². The fourth-order valence-electron chi connectivity index (χ4n) is 3.28. The molecule has 2 aliphatic rings. The number of fused-ring (bicyclic) bond motifs is 2. The number of carbonyl (C=O) groups is 1. The van der Waals surface area contributed by atoms with Crippen molar-refractivity contribution < 1.29 is 19.0 Å². The molecule has 4 heterocycles. The van der Waals surface area contributed by atoms with E-state index in [0.717, 1.165) is 36.5 Å². The van der Waals surface area contributed by atoms with Crippen LogP contribution < -0.4 is 14.8 Å². The number of hydrogen-bond acceptors (Lipinski definition) is 8. The zero-order valence-electron chi connectivity index (χ0n) is 15.5. The predicted molar refractivity (Wildman–Crippen MR) is 105 cm³/mol. The SMILES string of the molecule is O=C(CSc1nnc2ccc(-c3ccc4c(c3)OCO4)nn12)NC[C@@H]1CCCO1. The van der Waals surface area contributed by atoms with Crippen molar-refractivity contribution in [1.29, 1.82) is 0 Å². The number of nitrogens with one attached hydrogen (secondary N) is 1. The Labute approximate surface area is 170 Å². The van der Waals surface area contributed by atoms with Gasteiger partial charge in [0.1, 0.15) is 0 Å². The van der Waals surface area contributed by atoms with Crippen LogP contribution in [0.25, 0.3) is 16.9 Å². The largest absolute Gasteiger partial charge is 0.454 e. The molecule has 0 radical (unpaired) electrons. The van der Waals surface area contributed by atoms with Gasteiger partial charge >= 0.3 is 0 Å². The van der Waals surface area contributed by atoms with E-state index in [1.807, 2.05) is 30.3 Å². The van der Waals surface area contributed by atoms with Crippen LogP contribution >= 0.6 is 11.8 Å². The van der Waals surface area contributed by atoms with Crippen LogP contribution in [0.2, 0.25) is 0 Å². The normalized spacial score (nSPS) is 17.7. The minimum Gasteiger partial charge on any atom is -0.454 e. The van der Waals surface area contributed by atoms with E-state index in [-0.39, 0.29) is 24.6 Å². The first-order chi connectivity index (χ1) is 14.3. The van der Waals surface area contributed by atoms with Crippen LogP contribution in [0.5, 0.6) is 11.5 Å². The third kappa shape index (κ3) is 3.85. The molecule has 1 atom stereocenters. The summed E-state index contributed by atoms with van der Waals surface area (Å²) in [6, 6.07) is 9.42. The molecule has 1 saturated heterocycles. The Morgan fingerprint density at radius 1 is 1.21 bits per heavy atom. The van der Waals surface area contributed by atoms with Crippen LogP contribution in [-0.4, -0.2) is 57.5 Å². The predicted octanol–water partition coefficient (Wildman–Crippen LogP) is 1.91. The van der Waals surface area contributed by atoms with Gasteiger partial charge in [0, 0.05) is 18.7 Å². The molecular formula is C19H19N5O4S. The quantitative estimate of drug-likeness (QED) is 0.612.